The van der Waals surface area contributed by atoms with Crippen molar-refractivity contribution in [1.82, 2.24) is 15.2 Å². The number of ketones is 1. The van der Waals surface area contributed by atoms with Gasteiger partial charge in [0.25, 0.3) is 5.91 Å². The standard InChI is InChI=1S/C32H25FN4O4S3/c1-18-29(43-19(2)34-18)27(38)25-26(22-10-14-24(15-11-22)41-16-20-6-4-3-5-7-20)37(30(40)28(25)39)31-35-36-32(44-31)42-17-21-8-12-23(33)13-9-21/h3-15,26,39H,16-17H2,1-2H3. The summed E-state index contributed by atoms with van der Waals surface area (Å²) in [4.78, 5) is 33.5. The zero-order chi connectivity index (χ0) is 30.8. The molecule has 3 heterocycles. The molecule has 0 bridgehead atoms. The van der Waals surface area contributed by atoms with E-state index in [0.717, 1.165) is 11.1 Å². The molecule has 0 saturated carbocycles. The number of carbonyl (C=O) groups is 2. The molecular weight excluding hydrogens is 620 g/mol. The Bertz CT molecular complexity index is 1850. The third-order valence-electron chi connectivity index (χ3n) is 6.88. The predicted octanol–water partition coefficient (Wildman–Crippen LogP) is 7.40. The van der Waals surface area contributed by atoms with Crippen LogP contribution < -0.4 is 9.64 Å². The molecule has 0 fully saturated rings. The van der Waals surface area contributed by atoms with Gasteiger partial charge < -0.3 is 9.84 Å². The molecule has 8 nitrogen and oxygen atoms in total. The summed E-state index contributed by atoms with van der Waals surface area (Å²) in [5, 5.41) is 20.6. The molecule has 222 valence electrons. The molecular formula is C32H25FN4O4S3. The first kappa shape index (κ1) is 29.7. The number of thioether (sulfide) groups is 1. The van der Waals surface area contributed by atoms with E-state index in [0.29, 0.717) is 43.6 Å². The molecule has 0 saturated heterocycles. The number of hydrogen-bond donors (Lipinski definition) is 1. The van der Waals surface area contributed by atoms with E-state index < -0.39 is 23.5 Å². The monoisotopic (exact) mass is 644 g/mol. The largest absolute Gasteiger partial charge is 0.503 e. The van der Waals surface area contributed by atoms with Crippen molar-refractivity contribution < 1.29 is 23.8 Å². The van der Waals surface area contributed by atoms with Gasteiger partial charge in [-0.3, -0.25) is 14.5 Å². The zero-order valence-electron chi connectivity index (χ0n) is 23.6. The quantitative estimate of drug-likeness (QED) is 0.0953. The van der Waals surface area contributed by atoms with E-state index in [1.807, 2.05) is 30.3 Å². The lowest BCUT2D eigenvalue weighted by atomic mass is 9.95. The first-order valence-electron chi connectivity index (χ1n) is 13.5. The van der Waals surface area contributed by atoms with Crippen LogP contribution in [0.1, 0.15) is 43.1 Å². The number of thiazole rings is 1. The highest BCUT2D eigenvalue weighted by atomic mass is 32.2. The highest BCUT2D eigenvalue weighted by molar-refractivity contribution is 8.00. The summed E-state index contributed by atoms with van der Waals surface area (Å²) in [5.74, 6) is -1.02. The first-order chi connectivity index (χ1) is 21.3. The number of ether oxygens (including phenoxy) is 1. The number of halogens is 1. The minimum Gasteiger partial charge on any atom is -0.503 e. The Morgan fingerprint density at radius 3 is 2.39 bits per heavy atom. The molecule has 44 heavy (non-hydrogen) atoms. The van der Waals surface area contributed by atoms with E-state index in [9.17, 15) is 19.1 Å². The van der Waals surface area contributed by atoms with Crippen LogP contribution in [-0.2, 0) is 17.2 Å². The molecule has 1 amide bonds. The van der Waals surface area contributed by atoms with Gasteiger partial charge in [0, 0.05) is 5.75 Å². The molecule has 1 aliphatic heterocycles. The number of aliphatic hydroxyl groups is 1. The van der Waals surface area contributed by atoms with E-state index in [-0.39, 0.29) is 16.5 Å². The smallest absolute Gasteiger partial charge is 0.296 e. The van der Waals surface area contributed by atoms with Crippen molar-refractivity contribution in [2.75, 3.05) is 4.90 Å². The molecule has 0 aliphatic carbocycles. The van der Waals surface area contributed by atoms with Crippen LogP contribution in [-0.4, -0.2) is 32.0 Å². The van der Waals surface area contributed by atoms with Crippen LogP contribution in [0.2, 0.25) is 0 Å². The Labute approximate surface area is 264 Å². The molecule has 3 aromatic carbocycles. The third-order valence-corrected chi connectivity index (χ3v) is 10.1. The van der Waals surface area contributed by atoms with Gasteiger partial charge in [-0.25, -0.2) is 9.37 Å². The predicted molar refractivity (Wildman–Crippen MR) is 169 cm³/mol. The molecule has 1 N–H and O–H groups in total. The summed E-state index contributed by atoms with van der Waals surface area (Å²) in [6.45, 7) is 3.91. The number of amides is 1. The van der Waals surface area contributed by atoms with E-state index in [2.05, 4.69) is 15.2 Å². The van der Waals surface area contributed by atoms with Crippen molar-refractivity contribution >= 4 is 51.3 Å². The normalized spacial score (nSPS) is 14.8. The van der Waals surface area contributed by atoms with Gasteiger partial charge in [0.15, 0.2) is 10.1 Å². The topological polar surface area (TPSA) is 106 Å². The summed E-state index contributed by atoms with van der Waals surface area (Å²) in [5.41, 5.74) is 3.00. The molecule has 2 aromatic heterocycles. The minimum absolute atomic E-state index is 0.0459. The van der Waals surface area contributed by atoms with E-state index in [4.69, 9.17) is 4.74 Å². The number of aryl methyl sites for hydroxylation is 2. The number of Topliss-reactive ketones (excluding diaryl/α,β-unsaturated/α-hetero) is 1. The van der Waals surface area contributed by atoms with Crippen LogP contribution in [0.4, 0.5) is 9.52 Å². The molecule has 5 aromatic rings. The fraction of sp³-hybridized carbons (Fsp3) is 0.156. The summed E-state index contributed by atoms with van der Waals surface area (Å²) < 4.78 is 19.8. The van der Waals surface area contributed by atoms with Crippen molar-refractivity contribution in [2.45, 2.75) is 36.6 Å². The molecule has 1 aliphatic rings. The Morgan fingerprint density at radius 1 is 0.977 bits per heavy atom. The molecule has 1 atom stereocenters. The van der Waals surface area contributed by atoms with Crippen LogP contribution in [0.15, 0.2) is 94.5 Å². The van der Waals surface area contributed by atoms with Gasteiger partial charge in [-0.1, -0.05) is 77.7 Å². The second kappa shape index (κ2) is 12.7. The van der Waals surface area contributed by atoms with Gasteiger partial charge in [-0.15, -0.1) is 21.5 Å². The Morgan fingerprint density at radius 2 is 1.70 bits per heavy atom. The highest BCUT2D eigenvalue weighted by Gasteiger charge is 2.46. The Balaban J connectivity index is 1.31. The highest BCUT2D eigenvalue weighted by Crippen LogP contribution is 2.44. The average molecular weight is 645 g/mol. The molecule has 0 radical (unpaired) electrons. The van der Waals surface area contributed by atoms with Gasteiger partial charge in [0.2, 0.25) is 10.9 Å². The second-order valence-electron chi connectivity index (χ2n) is 9.93. The lowest BCUT2D eigenvalue weighted by molar-refractivity contribution is -0.117. The number of aliphatic hydroxyl groups excluding tert-OH is 1. The van der Waals surface area contributed by atoms with Crippen LogP contribution in [0, 0.1) is 19.7 Å². The van der Waals surface area contributed by atoms with Crippen LogP contribution in [0.25, 0.3) is 0 Å². The number of aromatic nitrogens is 3. The Hall–Kier alpha value is -4.39. The zero-order valence-corrected chi connectivity index (χ0v) is 26.0. The third kappa shape index (κ3) is 6.14. The van der Waals surface area contributed by atoms with Gasteiger partial charge in [0.05, 0.1) is 27.2 Å². The number of anilines is 1. The number of hydrogen-bond acceptors (Lipinski definition) is 10. The van der Waals surface area contributed by atoms with E-state index in [1.54, 1.807) is 50.2 Å². The average Bonchev–Trinajstić information content (AvgIpc) is 3.71. The van der Waals surface area contributed by atoms with Crippen LogP contribution in [0.3, 0.4) is 0 Å². The lowest BCUT2D eigenvalue weighted by Crippen LogP contribution is -2.31. The van der Waals surface area contributed by atoms with Crippen molar-refractivity contribution in [3.63, 3.8) is 0 Å². The SMILES string of the molecule is Cc1nc(C)c(C(=O)C2=C(O)C(=O)N(c3nnc(SCc4ccc(F)cc4)s3)C2c2ccc(OCc3ccccc3)cc2)s1. The van der Waals surface area contributed by atoms with Crippen molar-refractivity contribution in [1.29, 1.82) is 0 Å². The van der Waals surface area contributed by atoms with Gasteiger partial charge in [-0.2, -0.15) is 0 Å². The maximum absolute atomic E-state index is 13.9. The minimum atomic E-state index is -0.956. The first-order valence-corrected chi connectivity index (χ1v) is 16.1. The van der Waals surface area contributed by atoms with Gasteiger partial charge in [-0.05, 0) is 54.8 Å². The summed E-state index contributed by atoms with van der Waals surface area (Å²) in [6, 6.07) is 22.1. The van der Waals surface area contributed by atoms with E-state index in [1.165, 1.54) is 51.5 Å². The summed E-state index contributed by atoms with van der Waals surface area (Å²) in [7, 11) is 0. The molecule has 0 spiro atoms. The van der Waals surface area contributed by atoms with Crippen LogP contribution >= 0.6 is 34.4 Å². The number of rotatable bonds is 10. The van der Waals surface area contributed by atoms with Crippen molar-refractivity contribution in [3.05, 3.63) is 128 Å². The number of carbonyl (C=O) groups excluding carboxylic acids is 2. The fourth-order valence-corrected chi connectivity index (χ4v) is 7.48. The number of nitrogens with zero attached hydrogens (tertiary/aromatic N) is 4. The maximum Gasteiger partial charge on any atom is 0.296 e. The summed E-state index contributed by atoms with van der Waals surface area (Å²) >= 11 is 3.78. The second-order valence-corrected chi connectivity index (χ2v) is 13.3. The van der Waals surface area contributed by atoms with Crippen LogP contribution in [0.5, 0.6) is 5.75 Å². The maximum atomic E-state index is 13.9. The number of benzene rings is 3. The van der Waals surface area contributed by atoms with Crippen molar-refractivity contribution in [2.24, 2.45) is 0 Å². The fourth-order valence-electron chi connectivity index (χ4n) is 4.79. The Kier molecular flexibility index (Phi) is 8.56. The lowest BCUT2D eigenvalue weighted by Gasteiger charge is -2.24. The summed E-state index contributed by atoms with van der Waals surface area (Å²) in [6.07, 6.45) is 0. The molecule has 6 rings (SSSR count). The van der Waals surface area contributed by atoms with E-state index >= 15 is 0 Å². The van der Waals surface area contributed by atoms with Gasteiger partial charge in [0.1, 0.15) is 18.2 Å². The molecule has 12 heteroatoms. The molecule has 1 unspecified atom stereocenters. The van der Waals surface area contributed by atoms with Gasteiger partial charge >= 0.3 is 0 Å². The van der Waals surface area contributed by atoms with Crippen molar-refractivity contribution in [3.8, 4) is 5.75 Å².